The first-order valence-electron chi connectivity index (χ1n) is 5.49. The number of carbonyl (C=O) groups is 1. The van der Waals surface area contributed by atoms with Crippen LogP contribution < -0.4 is 4.74 Å². The Morgan fingerprint density at radius 2 is 1.94 bits per heavy atom. The lowest BCUT2D eigenvalue weighted by molar-refractivity contribution is 0.101. The molecular formula is C14H12ClNO2. The topological polar surface area (TPSA) is 39.2 Å². The molecule has 0 bridgehead atoms. The second-order valence-electron chi connectivity index (χ2n) is 3.85. The van der Waals surface area contributed by atoms with Crippen LogP contribution in [-0.2, 0) is 6.61 Å². The van der Waals surface area contributed by atoms with Gasteiger partial charge in [0, 0.05) is 11.9 Å². The number of benzene rings is 1. The van der Waals surface area contributed by atoms with Gasteiger partial charge in [0.25, 0.3) is 0 Å². The lowest BCUT2D eigenvalue weighted by Gasteiger charge is -2.06. The van der Waals surface area contributed by atoms with Crippen LogP contribution in [0, 0.1) is 0 Å². The molecule has 92 valence electrons. The highest BCUT2D eigenvalue weighted by molar-refractivity contribution is 6.30. The van der Waals surface area contributed by atoms with Crippen molar-refractivity contribution in [2.45, 2.75) is 13.5 Å². The number of hydrogen-bond donors (Lipinski definition) is 0. The second-order valence-corrected chi connectivity index (χ2v) is 4.29. The summed E-state index contributed by atoms with van der Waals surface area (Å²) in [5.41, 5.74) is 1.46. The Bertz CT molecular complexity index is 535. The maximum absolute atomic E-state index is 11.1. The van der Waals surface area contributed by atoms with E-state index in [-0.39, 0.29) is 5.78 Å². The highest BCUT2D eigenvalue weighted by Crippen LogP contribution is 2.14. The Morgan fingerprint density at radius 1 is 1.22 bits per heavy atom. The Hall–Kier alpha value is -1.87. The van der Waals surface area contributed by atoms with Gasteiger partial charge in [0.2, 0.25) is 0 Å². The van der Waals surface area contributed by atoms with E-state index in [1.54, 1.807) is 18.3 Å². The van der Waals surface area contributed by atoms with Gasteiger partial charge in [0.1, 0.15) is 18.1 Å². The fourth-order valence-electron chi connectivity index (χ4n) is 1.42. The number of halogens is 1. The van der Waals surface area contributed by atoms with Gasteiger partial charge in [-0.3, -0.25) is 4.79 Å². The summed E-state index contributed by atoms with van der Waals surface area (Å²) in [5.74, 6) is 0.578. The number of hydrogen-bond acceptors (Lipinski definition) is 3. The first kappa shape index (κ1) is 12.6. The molecule has 4 heteroatoms. The zero-order valence-corrected chi connectivity index (χ0v) is 10.6. The molecule has 0 radical (unpaired) electrons. The smallest absolute Gasteiger partial charge is 0.178 e. The molecule has 0 spiro atoms. The third-order valence-electron chi connectivity index (χ3n) is 2.42. The van der Waals surface area contributed by atoms with Gasteiger partial charge in [-0.15, -0.1) is 0 Å². The minimum absolute atomic E-state index is 0.0562. The van der Waals surface area contributed by atoms with E-state index < -0.39 is 0 Å². The average molecular weight is 262 g/mol. The number of ether oxygens (including phenoxy) is 1. The minimum atomic E-state index is -0.0562. The zero-order chi connectivity index (χ0) is 13.0. The highest BCUT2D eigenvalue weighted by Gasteiger charge is 2.01. The van der Waals surface area contributed by atoms with Crippen LogP contribution in [0.5, 0.6) is 5.75 Å². The number of carbonyl (C=O) groups excluding carboxylic acids is 1. The van der Waals surface area contributed by atoms with Crippen LogP contribution in [0.1, 0.15) is 23.0 Å². The van der Waals surface area contributed by atoms with E-state index in [4.69, 9.17) is 16.3 Å². The first-order valence-corrected chi connectivity index (χ1v) is 5.87. The Kier molecular flexibility index (Phi) is 3.95. The van der Waals surface area contributed by atoms with Gasteiger partial charge in [0.15, 0.2) is 5.78 Å². The minimum Gasteiger partial charge on any atom is -0.487 e. The van der Waals surface area contributed by atoms with E-state index in [2.05, 4.69) is 4.98 Å². The molecule has 2 rings (SSSR count). The summed E-state index contributed by atoms with van der Waals surface area (Å²) in [7, 11) is 0. The summed E-state index contributed by atoms with van der Waals surface area (Å²) >= 11 is 5.79. The summed E-state index contributed by atoms with van der Waals surface area (Å²) in [6.07, 6.45) is 1.55. The summed E-state index contributed by atoms with van der Waals surface area (Å²) < 4.78 is 5.55. The Morgan fingerprint density at radius 3 is 2.50 bits per heavy atom. The van der Waals surface area contributed by atoms with Crippen LogP contribution >= 0.6 is 11.6 Å². The van der Waals surface area contributed by atoms with E-state index >= 15 is 0 Å². The van der Waals surface area contributed by atoms with Crippen LogP contribution in [0.2, 0.25) is 5.02 Å². The number of aromatic nitrogens is 1. The molecule has 0 aliphatic heterocycles. The number of Topliss-reactive ketones (excluding diaryl/α,β-unsaturated/α-hetero) is 1. The fraction of sp³-hybridized carbons (Fsp3) is 0.143. The second kappa shape index (κ2) is 5.65. The molecule has 0 aliphatic rings. The van der Waals surface area contributed by atoms with Crippen molar-refractivity contribution in [2.24, 2.45) is 0 Å². The van der Waals surface area contributed by atoms with Crippen molar-refractivity contribution in [3.05, 3.63) is 58.9 Å². The maximum Gasteiger partial charge on any atom is 0.178 e. The molecule has 0 N–H and O–H groups in total. The van der Waals surface area contributed by atoms with Crippen LogP contribution in [0.15, 0.2) is 42.6 Å². The van der Waals surface area contributed by atoms with E-state index in [1.165, 1.54) is 6.92 Å². The lowest BCUT2D eigenvalue weighted by atomic mass is 10.2. The summed E-state index contributed by atoms with van der Waals surface area (Å²) in [6.45, 7) is 1.93. The van der Waals surface area contributed by atoms with Gasteiger partial charge in [-0.05, 0) is 29.8 Å². The third-order valence-corrected chi connectivity index (χ3v) is 2.67. The predicted molar refractivity (Wildman–Crippen MR) is 70.0 cm³/mol. The Labute approximate surface area is 110 Å². The van der Waals surface area contributed by atoms with Crippen LogP contribution in [0.25, 0.3) is 0 Å². The normalized spacial score (nSPS) is 10.1. The van der Waals surface area contributed by atoms with E-state index in [9.17, 15) is 4.79 Å². The summed E-state index contributed by atoms with van der Waals surface area (Å²) in [4.78, 5) is 15.1. The lowest BCUT2D eigenvalue weighted by Crippen LogP contribution is -1.99. The fourth-order valence-corrected chi connectivity index (χ4v) is 1.55. The molecule has 0 fully saturated rings. The van der Waals surface area contributed by atoms with E-state index in [1.807, 2.05) is 24.3 Å². The quantitative estimate of drug-likeness (QED) is 0.791. The highest BCUT2D eigenvalue weighted by atomic mass is 35.5. The van der Waals surface area contributed by atoms with Crippen LogP contribution in [0.4, 0.5) is 0 Å². The molecule has 18 heavy (non-hydrogen) atoms. The number of ketones is 1. The molecule has 1 aromatic heterocycles. The molecule has 0 saturated heterocycles. The van der Waals surface area contributed by atoms with Gasteiger partial charge < -0.3 is 4.74 Å². The molecular weight excluding hydrogens is 250 g/mol. The molecule has 2 aromatic rings. The van der Waals surface area contributed by atoms with Gasteiger partial charge in [0.05, 0.1) is 6.20 Å². The predicted octanol–water partition coefficient (Wildman–Crippen LogP) is 3.52. The monoisotopic (exact) mass is 261 g/mol. The molecule has 1 aromatic carbocycles. The van der Waals surface area contributed by atoms with Crippen molar-refractivity contribution in [1.29, 1.82) is 0 Å². The summed E-state index contributed by atoms with van der Waals surface area (Å²) in [6, 6.07) is 10.8. The number of nitrogens with zero attached hydrogens (tertiary/aromatic N) is 1. The molecule has 0 aliphatic carbocycles. The van der Waals surface area contributed by atoms with Crippen molar-refractivity contribution >= 4 is 17.4 Å². The molecule has 0 saturated carbocycles. The van der Waals surface area contributed by atoms with Crippen molar-refractivity contribution in [2.75, 3.05) is 0 Å². The number of pyridine rings is 1. The molecule has 3 nitrogen and oxygen atoms in total. The number of rotatable bonds is 4. The molecule has 1 heterocycles. The average Bonchev–Trinajstić information content (AvgIpc) is 2.38. The Balaban J connectivity index is 1.97. The van der Waals surface area contributed by atoms with Gasteiger partial charge in [-0.2, -0.15) is 0 Å². The first-order chi connectivity index (χ1) is 8.65. The van der Waals surface area contributed by atoms with Crippen LogP contribution in [-0.4, -0.2) is 10.8 Å². The largest absolute Gasteiger partial charge is 0.487 e. The zero-order valence-electron chi connectivity index (χ0n) is 9.89. The van der Waals surface area contributed by atoms with Crippen molar-refractivity contribution in [3.8, 4) is 5.75 Å². The third kappa shape index (κ3) is 3.31. The van der Waals surface area contributed by atoms with Crippen molar-refractivity contribution in [1.82, 2.24) is 4.98 Å². The maximum atomic E-state index is 11.1. The van der Waals surface area contributed by atoms with Gasteiger partial charge in [-0.25, -0.2) is 4.98 Å². The van der Waals surface area contributed by atoms with E-state index in [0.717, 1.165) is 5.56 Å². The van der Waals surface area contributed by atoms with Crippen molar-refractivity contribution in [3.63, 3.8) is 0 Å². The van der Waals surface area contributed by atoms with Gasteiger partial charge in [-0.1, -0.05) is 23.7 Å². The SMILES string of the molecule is CC(=O)c1ccc(OCc2ccc(Cl)cc2)cn1. The standard InChI is InChI=1S/C14H12ClNO2/c1-10(17)14-7-6-13(8-16-14)18-9-11-2-4-12(15)5-3-11/h2-8H,9H2,1H3. The molecule has 0 unspecified atom stereocenters. The van der Waals surface area contributed by atoms with Gasteiger partial charge >= 0.3 is 0 Å². The van der Waals surface area contributed by atoms with Crippen molar-refractivity contribution < 1.29 is 9.53 Å². The molecule has 0 amide bonds. The summed E-state index contributed by atoms with van der Waals surface area (Å²) in [5, 5.41) is 0.700. The molecule has 0 atom stereocenters. The van der Waals surface area contributed by atoms with E-state index in [0.29, 0.717) is 23.1 Å². The van der Waals surface area contributed by atoms with Crippen LogP contribution in [0.3, 0.4) is 0 Å².